The Morgan fingerprint density at radius 3 is 2.73 bits per heavy atom. The highest BCUT2D eigenvalue weighted by molar-refractivity contribution is 5.96. The lowest BCUT2D eigenvalue weighted by Gasteiger charge is -2.14. The lowest BCUT2D eigenvalue weighted by Crippen LogP contribution is -2.12. The van der Waals surface area contributed by atoms with Crippen molar-refractivity contribution >= 4 is 11.4 Å². The van der Waals surface area contributed by atoms with Crippen LogP contribution in [0.4, 0.5) is 8.78 Å². The minimum atomic E-state index is -2.78. The number of rotatable bonds is 7. The fourth-order valence-corrected chi connectivity index (χ4v) is 4.27. The van der Waals surface area contributed by atoms with E-state index >= 15 is 0 Å². The summed E-state index contributed by atoms with van der Waals surface area (Å²) in [6.07, 6.45) is 4.84. The van der Waals surface area contributed by atoms with Gasteiger partial charge in [0.1, 0.15) is 17.1 Å². The third-order valence-corrected chi connectivity index (χ3v) is 5.75. The van der Waals surface area contributed by atoms with Gasteiger partial charge in [-0.1, -0.05) is 0 Å². The van der Waals surface area contributed by atoms with E-state index in [0.29, 0.717) is 33.7 Å². The molecular weight excluding hydrogens is 394 g/mol. The number of imidazole rings is 1. The molecule has 2 aliphatic rings. The van der Waals surface area contributed by atoms with E-state index in [4.69, 9.17) is 14.5 Å². The van der Waals surface area contributed by atoms with Gasteiger partial charge in [-0.2, -0.15) is 13.9 Å². The van der Waals surface area contributed by atoms with Gasteiger partial charge in [0.05, 0.1) is 25.0 Å². The SMILES string of the molecule is CC(C)Oc1cc2nc(C3C4COCC43)cn2cc1CC(=O)c1ccn(C(F)F)n1. The van der Waals surface area contributed by atoms with Gasteiger partial charge in [0.25, 0.3) is 0 Å². The van der Waals surface area contributed by atoms with Crippen molar-refractivity contribution in [2.75, 3.05) is 13.2 Å². The molecule has 1 saturated carbocycles. The molecular formula is C21H22F2N4O3. The highest BCUT2D eigenvalue weighted by Gasteiger charge is 2.55. The average molecular weight is 416 g/mol. The molecule has 9 heteroatoms. The molecule has 0 aromatic carbocycles. The zero-order valence-electron chi connectivity index (χ0n) is 16.7. The number of ether oxygens (including phenoxy) is 2. The molecule has 3 aromatic rings. The monoisotopic (exact) mass is 416 g/mol. The molecule has 1 aliphatic carbocycles. The maximum absolute atomic E-state index is 12.8. The summed E-state index contributed by atoms with van der Waals surface area (Å²) in [5.74, 6) is 1.74. The fourth-order valence-electron chi connectivity index (χ4n) is 4.27. The Balaban J connectivity index is 1.45. The number of ketones is 1. The highest BCUT2D eigenvalue weighted by Crippen LogP contribution is 2.57. The number of halogens is 2. The van der Waals surface area contributed by atoms with E-state index in [1.54, 1.807) is 0 Å². The maximum Gasteiger partial charge on any atom is 0.333 e. The first kappa shape index (κ1) is 19.2. The molecule has 158 valence electrons. The van der Waals surface area contributed by atoms with Gasteiger partial charge in [-0.15, -0.1) is 0 Å². The Morgan fingerprint density at radius 2 is 2.07 bits per heavy atom. The van der Waals surface area contributed by atoms with Crippen molar-refractivity contribution in [2.45, 2.75) is 38.8 Å². The van der Waals surface area contributed by atoms with Crippen molar-refractivity contribution in [2.24, 2.45) is 11.8 Å². The van der Waals surface area contributed by atoms with Crippen molar-refractivity contribution in [1.29, 1.82) is 0 Å². The number of hydrogen-bond donors (Lipinski definition) is 0. The molecule has 0 radical (unpaired) electrons. The van der Waals surface area contributed by atoms with Crippen molar-refractivity contribution in [3.63, 3.8) is 0 Å². The molecule has 0 N–H and O–H groups in total. The summed E-state index contributed by atoms with van der Waals surface area (Å²) in [6, 6.07) is 3.14. The van der Waals surface area contributed by atoms with Crippen LogP contribution < -0.4 is 4.74 Å². The van der Waals surface area contributed by atoms with E-state index in [1.165, 1.54) is 6.07 Å². The van der Waals surface area contributed by atoms with E-state index in [2.05, 4.69) is 5.10 Å². The number of carbonyl (C=O) groups is 1. The smallest absolute Gasteiger partial charge is 0.333 e. The number of fused-ring (bicyclic) bond motifs is 2. The Hall–Kier alpha value is -2.81. The molecule has 2 fully saturated rings. The van der Waals surface area contributed by atoms with Crippen molar-refractivity contribution in [3.8, 4) is 5.75 Å². The van der Waals surface area contributed by atoms with Crippen LogP contribution >= 0.6 is 0 Å². The molecule has 4 heterocycles. The van der Waals surface area contributed by atoms with Crippen LogP contribution in [-0.2, 0) is 11.2 Å². The number of nitrogens with zero attached hydrogens (tertiary/aromatic N) is 4. The summed E-state index contributed by atoms with van der Waals surface area (Å²) in [5.41, 5.74) is 2.45. The van der Waals surface area contributed by atoms with E-state index in [-0.39, 0.29) is 24.0 Å². The largest absolute Gasteiger partial charge is 0.491 e. The van der Waals surface area contributed by atoms with Crippen molar-refractivity contribution in [1.82, 2.24) is 19.2 Å². The number of hydrogen-bond acceptors (Lipinski definition) is 5. The van der Waals surface area contributed by atoms with Crippen LogP contribution in [-0.4, -0.2) is 44.3 Å². The van der Waals surface area contributed by atoms with Gasteiger partial charge in [0.15, 0.2) is 5.78 Å². The molecule has 5 rings (SSSR count). The van der Waals surface area contributed by atoms with E-state index in [0.717, 1.165) is 30.8 Å². The van der Waals surface area contributed by atoms with Gasteiger partial charge in [-0.05, 0) is 31.7 Å². The lowest BCUT2D eigenvalue weighted by atomic mass is 10.1. The molecule has 2 atom stereocenters. The van der Waals surface area contributed by atoms with Crippen LogP contribution in [0.15, 0.2) is 30.7 Å². The molecule has 0 amide bonds. The highest BCUT2D eigenvalue weighted by atomic mass is 19.3. The van der Waals surface area contributed by atoms with Gasteiger partial charge >= 0.3 is 6.55 Å². The first-order valence-electron chi connectivity index (χ1n) is 10.0. The number of carbonyl (C=O) groups excluding carboxylic acids is 1. The molecule has 0 spiro atoms. The van der Waals surface area contributed by atoms with Crippen LogP contribution in [0.1, 0.15) is 48.1 Å². The standard InChI is InChI=1S/C21H22F2N4O3/c1-11(2)30-18-6-19-24-16(20-13-9-29-10-14(13)20)8-26(19)7-12(18)5-17(28)15-3-4-27(25-15)21(22)23/h3-4,6-8,11,13-14,20-21H,5,9-10H2,1-2H3. The third-order valence-electron chi connectivity index (χ3n) is 5.75. The van der Waals surface area contributed by atoms with Crippen LogP contribution in [0.3, 0.4) is 0 Å². The van der Waals surface area contributed by atoms with Gasteiger partial charge in [0.2, 0.25) is 0 Å². The molecule has 3 aromatic heterocycles. The predicted octanol–water partition coefficient (Wildman–Crippen LogP) is 3.50. The zero-order valence-corrected chi connectivity index (χ0v) is 16.7. The summed E-state index contributed by atoms with van der Waals surface area (Å²) in [4.78, 5) is 17.4. The Kier molecular flexibility index (Phi) is 4.57. The topological polar surface area (TPSA) is 70.7 Å². The van der Waals surface area contributed by atoms with E-state index in [9.17, 15) is 13.6 Å². The quantitative estimate of drug-likeness (QED) is 0.552. The molecule has 1 aliphatic heterocycles. The summed E-state index contributed by atoms with van der Waals surface area (Å²) >= 11 is 0. The summed E-state index contributed by atoms with van der Waals surface area (Å²) < 4.78 is 39.3. The van der Waals surface area contributed by atoms with Crippen LogP contribution in [0.25, 0.3) is 5.65 Å². The molecule has 30 heavy (non-hydrogen) atoms. The third kappa shape index (κ3) is 3.36. The summed E-state index contributed by atoms with van der Waals surface area (Å²) in [5, 5.41) is 3.67. The Bertz CT molecular complexity index is 1100. The molecule has 0 bridgehead atoms. The van der Waals surface area contributed by atoms with E-state index < -0.39 is 6.55 Å². The average Bonchev–Trinajstić information content (AvgIpc) is 3.16. The first-order chi connectivity index (χ1) is 14.4. The molecule has 7 nitrogen and oxygen atoms in total. The maximum atomic E-state index is 12.8. The number of aromatic nitrogens is 4. The Morgan fingerprint density at radius 1 is 1.30 bits per heavy atom. The summed E-state index contributed by atoms with van der Waals surface area (Å²) in [6.45, 7) is 2.61. The van der Waals surface area contributed by atoms with Gasteiger partial charge in [-0.25, -0.2) is 9.67 Å². The van der Waals surface area contributed by atoms with Crippen molar-refractivity contribution in [3.05, 3.63) is 47.7 Å². The zero-order chi connectivity index (χ0) is 21.0. The van der Waals surface area contributed by atoms with Crippen LogP contribution in [0.5, 0.6) is 5.75 Å². The number of alkyl halides is 2. The number of pyridine rings is 1. The predicted molar refractivity (Wildman–Crippen MR) is 103 cm³/mol. The fraction of sp³-hybridized carbons (Fsp3) is 0.476. The molecule has 1 saturated heterocycles. The lowest BCUT2D eigenvalue weighted by molar-refractivity contribution is 0.0560. The Labute approximate surface area is 171 Å². The second kappa shape index (κ2) is 7.16. The summed E-state index contributed by atoms with van der Waals surface area (Å²) in [7, 11) is 0. The first-order valence-corrected chi connectivity index (χ1v) is 10.0. The van der Waals surface area contributed by atoms with Gasteiger partial charge in [0, 0.05) is 42.6 Å². The number of Topliss-reactive ketones (excluding diaryl/α,β-unsaturated/α-hetero) is 1. The van der Waals surface area contributed by atoms with Crippen LogP contribution in [0, 0.1) is 11.8 Å². The van der Waals surface area contributed by atoms with E-state index in [1.807, 2.05) is 36.7 Å². The van der Waals surface area contributed by atoms with Crippen LogP contribution in [0.2, 0.25) is 0 Å². The van der Waals surface area contributed by atoms with Gasteiger partial charge in [-0.3, -0.25) is 4.79 Å². The molecule has 2 unspecified atom stereocenters. The second-order valence-electron chi connectivity index (χ2n) is 8.21. The normalized spacial score (nSPS) is 22.8. The minimum absolute atomic E-state index is 0.00280. The second-order valence-corrected chi connectivity index (χ2v) is 8.21. The minimum Gasteiger partial charge on any atom is -0.491 e. The van der Waals surface area contributed by atoms with Crippen molar-refractivity contribution < 1.29 is 23.0 Å². The van der Waals surface area contributed by atoms with Gasteiger partial charge < -0.3 is 13.9 Å².